The third-order valence-electron chi connectivity index (χ3n) is 6.81. The first-order chi connectivity index (χ1) is 15.6. The van der Waals surface area contributed by atoms with E-state index in [1.165, 1.54) is 6.42 Å². The minimum atomic E-state index is -0.112. The fraction of sp³-hybridized carbons (Fsp3) is 0.783. The van der Waals surface area contributed by atoms with E-state index >= 15 is 0 Å². The van der Waals surface area contributed by atoms with Crippen LogP contribution in [0.15, 0.2) is 6.20 Å². The first-order valence-corrected chi connectivity index (χ1v) is 12.2. The first kappa shape index (κ1) is 23.2. The first-order valence-electron chi connectivity index (χ1n) is 12.2. The SMILES string of the molecule is Cc1c(C(=O)N2CCN(CC(=O)N3CCCCC3)CC2)cnn1CCO[C@@H]1CCCCO1. The van der Waals surface area contributed by atoms with Crippen LogP contribution in [-0.2, 0) is 20.8 Å². The minimum Gasteiger partial charge on any atom is -0.353 e. The van der Waals surface area contributed by atoms with Gasteiger partial charge in [-0.15, -0.1) is 0 Å². The van der Waals surface area contributed by atoms with Crippen molar-refractivity contribution < 1.29 is 19.1 Å². The Kier molecular flexibility index (Phi) is 8.15. The van der Waals surface area contributed by atoms with Crippen LogP contribution in [0.4, 0.5) is 0 Å². The van der Waals surface area contributed by atoms with Crippen LogP contribution in [0.25, 0.3) is 0 Å². The monoisotopic (exact) mass is 447 g/mol. The number of carbonyl (C=O) groups is 2. The molecule has 0 radical (unpaired) electrons. The second kappa shape index (κ2) is 11.2. The van der Waals surface area contributed by atoms with Crippen molar-refractivity contribution in [1.82, 2.24) is 24.5 Å². The lowest BCUT2D eigenvalue weighted by atomic mass is 10.1. The van der Waals surface area contributed by atoms with Crippen LogP contribution in [-0.4, -0.2) is 102 Å². The number of rotatable bonds is 7. The van der Waals surface area contributed by atoms with Crippen LogP contribution in [0.5, 0.6) is 0 Å². The minimum absolute atomic E-state index is 0.0206. The molecule has 0 unspecified atom stereocenters. The highest BCUT2D eigenvalue weighted by atomic mass is 16.7. The second-order valence-electron chi connectivity index (χ2n) is 9.04. The summed E-state index contributed by atoms with van der Waals surface area (Å²) >= 11 is 0. The van der Waals surface area contributed by atoms with Crippen LogP contribution >= 0.6 is 0 Å². The summed E-state index contributed by atoms with van der Waals surface area (Å²) in [5.41, 5.74) is 1.52. The van der Waals surface area contributed by atoms with Crippen molar-refractivity contribution in [2.24, 2.45) is 0 Å². The van der Waals surface area contributed by atoms with Gasteiger partial charge in [-0.2, -0.15) is 5.10 Å². The molecule has 1 atom stereocenters. The third kappa shape index (κ3) is 5.88. The Hall–Kier alpha value is -1.97. The molecule has 3 fully saturated rings. The van der Waals surface area contributed by atoms with E-state index in [1.54, 1.807) is 6.20 Å². The number of likely N-dealkylation sites (tertiary alicyclic amines) is 1. The van der Waals surface area contributed by atoms with Gasteiger partial charge < -0.3 is 19.3 Å². The lowest BCUT2D eigenvalue weighted by Crippen LogP contribution is -2.52. The average molecular weight is 448 g/mol. The van der Waals surface area contributed by atoms with Crippen LogP contribution < -0.4 is 0 Å². The Labute approximate surface area is 190 Å². The van der Waals surface area contributed by atoms with E-state index in [1.807, 2.05) is 21.4 Å². The number of hydrogen-bond acceptors (Lipinski definition) is 6. The zero-order valence-corrected chi connectivity index (χ0v) is 19.3. The molecule has 0 saturated carbocycles. The summed E-state index contributed by atoms with van der Waals surface area (Å²) in [7, 11) is 0. The van der Waals surface area contributed by atoms with E-state index in [-0.39, 0.29) is 18.1 Å². The highest BCUT2D eigenvalue weighted by Crippen LogP contribution is 2.16. The molecule has 0 bridgehead atoms. The molecular formula is C23H37N5O4. The Morgan fingerprint density at radius 3 is 2.53 bits per heavy atom. The Balaban J connectivity index is 1.22. The van der Waals surface area contributed by atoms with Gasteiger partial charge in [-0.25, -0.2) is 0 Å². The van der Waals surface area contributed by atoms with Crippen LogP contribution in [0, 0.1) is 6.92 Å². The molecule has 4 rings (SSSR count). The molecule has 1 aromatic heterocycles. The molecule has 32 heavy (non-hydrogen) atoms. The highest BCUT2D eigenvalue weighted by molar-refractivity contribution is 5.95. The van der Waals surface area contributed by atoms with Gasteiger partial charge in [0, 0.05) is 51.6 Å². The number of carbonyl (C=O) groups excluding carboxylic acids is 2. The molecule has 0 N–H and O–H groups in total. The number of nitrogens with zero attached hydrogens (tertiary/aromatic N) is 5. The number of amides is 2. The van der Waals surface area contributed by atoms with Crippen molar-refractivity contribution in [2.45, 2.75) is 58.3 Å². The molecule has 9 nitrogen and oxygen atoms in total. The van der Waals surface area contributed by atoms with E-state index in [2.05, 4.69) is 10.00 Å². The maximum atomic E-state index is 13.1. The molecule has 0 aromatic carbocycles. The van der Waals surface area contributed by atoms with Gasteiger partial charge >= 0.3 is 0 Å². The van der Waals surface area contributed by atoms with Gasteiger partial charge in [-0.1, -0.05) is 0 Å². The third-order valence-corrected chi connectivity index (χ3v) is 6.81. The normalized spacial score (nSPS) is 22.8. The largest absolute Gasteiger partial charge is 0.353 e. The Morgan fingerprint density at radius 1 is 1.03 bits per heavy atom. The summed E-state index contributed by atoms with van der Waals surface area (Å²) in [5, 5.41) is 4.41. The van der Waals surface area contributed by atoms with E-state index in [4.69, 9.17) is 9.47 Å². The molecule has 1 aromatic rings. The fourth-order valence-electron chi connectivity index (χ4n) is 4.71. The number of piperazine rings is 1. The van der Waals surface area contributed by atoms with Crippen molar-refractivity contribution in [3.63, 3.8) is 0 Å². The van der Waals surface area contributed by atoms with Crippen molar-refractivity contribution in [3.8, 4) is 0 Å². The van der Waals surface area contributed by atoms with E-state index in [9.17, 15) is 9.59 Å². The summed E-state index contributed by atoms with van der Waals surface area (Å²) < 4.78 is 13.2. The summed E-state index contributed by atoms with van der Waals surface area (Å²) in [6.45, 7) is 8.80. The number of piperidine rings is 1. The Morgan fingerprint density at radius 2 is 1.81 bits per heavy atom. The van der Waals surface area contributed by atoms with Crippen LogP contribution in [0.1, 0.15) is 54.6 Å². The van der Waals surface area contributed by atoms with Gasteiger partial charge in [0.15, 0.2) is 6.29 Å². The van der Waals surface area contributed by atoms with Gasteiger partial charge in [0.05, 0.1) is 31.5 Å². The van der Waals surface area contributed by atoms with Crippen LogP contribution in [0.3, 0.4) is 0 Å². The second-order valence-corrected chi connectivity index (χ2v) is 9.04. The molecule has 0 aliphatic carbocycles. The lowest BCUT2D eigenvalue weighted by molar-refractivity contribution is -0.163. The quantitative estimate of drug-likeness (QED) is 0.630. The smallest absolute Gasteiger partial charge is 0.257 e. The Bertz CT molecular complexity index is 762. The molecule has 3 aliphatic rings. The molecule has 9 heteroatoms. The van der Waals surface area contributed by atoms with E-state index in [0.717, 1.165) is 70.6 Å². The maximum Gasteiger partial charge on any atom is 0.257 e. The zero-order valence-electron chi connectivity index (χ0n) is 19.3. The van der Waals surface area contributed by atoms with Gasteiger partial charge in [0.25, 0.3) is 5.91 Å². The van der Waals surface area contributed by atoms with Gasteiger partial charge in [-0.05, 0) is 45.4 Å². The molecule has 0 spiro atoms. The number of aromatic nitrogens is 2. The molecular weight excluding hydrogens is 410 g/mol. The van der Waals surface area contributed by atoms with Gasteiger partial charge in [0.2, 0.25) is 5.91 Å². The van der Waals surface area contributed by atoms with E-state index < -0.39 is 0 Å². The lowest BCUT2D eigenvalue weighted by Gasteiger charge is -2.36. The van der Waals surface area contributed by atoms with E-state index in [0.29, 0.717) is 38.3 Å². The standard InChI is InChI=1S/C23H37N5O4/c1-19-20(17-24-28(19)14-16-32-22-7-3-6-15-31-22)23(30)27-12-10-25(11-13-27)18-21(29)26-8-4-2-5-9-26/h17,22H,2-16,18H2,1H3/t22-/m1/s1. The van der Waals surface area contributed by atoms with Gasteiger partial charge in [-0.3, -0.25) is 19.2 Å². The van der Waals surface area contributed by atoms with Crippen LogP contribution in [0.2, 0.25) is 0 Å². The molecule has 2 amide bonds. The molecule has 3 saturated heterocycles. The fourth-order valence-corrected chi connectivity index (χ4v) is 4.71. The highest BCUT2D eigenvalue weighted by Gasteiger charge is 2.27. The summed E-state index contributed by atoms with van der Waals surface area (Å²) in [6, 6.07) is 0. The molecule has 4 heterocycles. The molecule has 178 valence electrons. The number of hydrogen-bond donors (Lipinski definition) is 0. The van der Waals surface area contributed by atoms with Crippen molar-refractivity contribution >= 4 is 11.8 Å². The zero-order chi connectivity index (χ0) is 22.3. The van der Waals surface area contributed by atoms with Crippen molar-refractivity contribution in [3.05, 3.63) is 17.5 Å². The predicted molar refractivity (Wildman–Crippen MR) is 119 cm³/mol. The maximum absolute atomic E-state index is 13.1. The predicted octanol–water partition coefficient (Wildman–Crippen LogP) is 1.51. The van der Waals surface area contributed by atoms with Gasteiger partial charge in [0.1, 0.15) is 0 Å². The summed E-state index contributed by atoms with van der Waals surface area (Å²) in [5.74, 6) is 0.245. The average Bonchev–Trinajstić information content (AvgIpc) is 3.20. The summed E-state index contributed by atoms with van der Waals surface area (Å²) in [4.78, 5) is 31.6. The van der Waals surface area contributed by atoms with Crippen molar-refractivity contribution in [2.75, 3.05) is 59.0 Å². The van der Waals surface area contributed by atoms with Crippen molar-refractivity contribution in [1.29, 1.82) is 0 Å². The topological polar surface area (TPSA) is 80.1 Å². The summed E-state index contributed by atoms with van der Waals surface area (Å²) in [6.07, 6.45) is 8.19. The molecule has 3 aliphatic heterocycles. The number of ether oxygens (including phenoxy) is 2.